The first-order valence-electron chi connectivity index (χ1n) is 8.04. The molecule has 0 spiro atoms. The van der Waals surface area contributed by atoms with Crippen molar-refractivity contribution in [3.8, 4) is 0 Å². The number of nitrogens with one attached hydrogen (secondary N) is 1. The second-order valence-electron chi connectivity index (χ2n) is 7.17. The standard InChI is InChI=1S/C14H22N2O7Si2/c1-24(2)20-8-11-10(22-25(3,4)23-24)7-14(9-17,21-11)16-6-5-12(18)15-13(16)19/h5-6,9-11H,7-8H2,1-4H3,(H,15,18,19)/t10-,11+,14-/m0/s1. The summed E-state index contributed by atoms with van der Waals surface area (Å²) in [6.45, 7) is 7.91. The quantitative estimate of drug-likeness (QED) is 0.563. The molecule has 0 aromatic carbocycles. The average Bonchev–Trinajstić information content (AvgIpc) is 2.81. The van der Waals surface area contributed by atoms with Gasteiger partial charge in [0.15, 0.2) is 6.29 Å². The van der Waals surface area contributed by atoms with E-state index in [2.05, 4.69) is 4.98 Å². The lowest BCUT2D eigenvalue weighted by atomic mass is 10.1. The molecule has 0 radical (unpaired) electrons. The van der Waals surface area contributed by atoms with E-state index in [1.165, 1.54) is 12.3 Å². The summed E-state index contributed by atoms with van der Waals surface area (Å²) in [5.74, 6) is 0. The number of carbonyl (C=O) groups is 1. The first-order valence-corrected chi connectivity index (χ1v) is 13.7. The third-order valence-corrected chi connectivity index (χ3v) is 9.87. The van der Waals surface area contributed by atoms with Crippen molar-refractivity contribution < 1.29 is 22.5 Å². The molecule has 2 fully saturated rings. The van der Waals surface area contributed by atoms with E-state index in [1.54, 1.807) is 0 Å². The van der Waals surface area contributed by atoms with Gasteiger partial charge in [-0.2, -0.15) is 0 Å². The van der Waals surface area contributed by atoms with Crippen LogP contribution in [0.5, 0.6) is 0 Å². The average molecular weight is 387 g/mol. The van der Waals surface area contributed by atoms with Crippen molar-refractivity contribution in [1.29, 1.82) is 0 Å². The van der Waals surface area contributed by atoms with Crippen LogP contribution < -0.4 is 11.2 Å². The summed E-state index contributed by atoms with van der Waals surface area (Å²) in [6.07, 6.45) is 1.01. The van der Waals surface area contributed by atoms with E-state index < -0.39 is 46.3 Å². The van der Waals surface area contributed by atoms with E-state index in [1.807, 2.05) is 26.2 Å². The minimum atomic E-state index is -2.50. The maximum atomic E-state index is 12.2. The van der Waals surface area contributed by atoms with Crippen LogP contribution in [-0.2, 0) is 28.2 Å². The molecule has 0 bridgehead atoms. The number of aldehydes is 1. The topological polar surface area (TPSA) is 109 Å². The van der Waals surface area contributed by atoms with Gasteiger partial charge >= 0.3 is 22.8 Å². The number of H-pyrrole nitrogens is 1. The normalized spacial score (nSPS) is 33.9. The molecule has 0 saturated carbocycles. The Morgan fingerprint density at radius 2 is 1.96 bits per heavy atom. The number of rotatable bonds is 2. The summed E-state index contributed by atoms with van der Waals surface area (Å²) in [5, 5.41) is 0. The molecule has 0 amide bonds. The monoisotopic (exact) mass is 386 g/mol. The van der Waals surface area contributed by atoms with Gasteiger partial charge in [-0.15, -0.1) is 0 Å². The van der Waals surface area contributed by atoms with E-state index in [0.29, 0.717) is 6.29 Å². The molecule has 2 aliphatic rings. The number of aromatic nitrogens is 2. The second kappa shape index (κ2) is 6.11. The fraction of sp³-hybridized carbons (Fsp3) is 0.643. The van der Waals surface area contributed by atoms with Crippen molar-refractivity contribution in [3.63, 3.8) is 0 Å². The lowest BCUT2D eigenvalue weighted by Gasteiger charge is -2.38. The van der Waals surface area contributed by atoms with Crippen LogP contribution in [0.1, 0.15) is 6.42 Å². The van der Waals surface area contributed by atoms with Gasteiger partial charge in [-0.1, -0.05) is 0 Å². The van der Waals surface area contributed by atoms with E-state index >= 15 is 0 Å². The predicted molar refractivity (Wildman–Crippen MR) is 91.7 cm³/mol. The van der Waals surface area contributed by atoms with E-state index in [0.717, 1.165) is 4.57 Å². The highest BCUT2D eigenvalue weighted by atomic mass is 28.5. The summed E-state index contributed by atoms with van der Waals surface area (Å²) in [6, 6.07) is 1.17. The van der Waals surface area contributed by atoms with Crippen LogP contribution in [0.3, 0.4) is 0 Å². The lowest BCUT2D eigenvalue weighted by Crippen LogP contribution is -2.55. The lowest BCUT2D eigenvalue weighted by molar-refractivity contribution is -0.149. The van der Waals surface area contributed by atoms with Crippen LogP contribution in [0.15, 0.2) is 21.9 Å². The molecular weight excluding hydrogens is 364 g/mol. The zero-order valence-electron chi connectivity index (χ0n) is 14.6. The Labute approximate surface area is 146 Å². The van der Waals surface area contributed by atoms with Crippen LogP contribution in [0, 0.1) is 0 Å². The first-order chi connectivity index (χ1) is 11.6. The van der Waals surface area contributed by atoms with Gasteiger partial charge in [0.25, 0.3) is 5.56 Å². The molecule has 11 heteroatoms. The van der Waals surface area contributed by atoms with E-state index in [-0.39, 0.29) is 13.0 Å². The van der Waals surface area contributed by atoms with Crippen LogP contribution >= 0.6 is 0 Å². The molecule has 2 saturated heterocycles. The van der Waals surface area contributed by atoms with Gasteiger partial charge in [-0.25, -0.2) is 4.79 Å². The molecule has 3 atom stereocenters. The molecule has 0 unspecified atom stereocenters. The number of hydrogen-bond donors (Lipinski definition) is 1. The molecule has 9 nitrogen and oxygen atoms in total. The molecular formula is C14H22N2O7Si2. The zero-order valence-corrected chi connectivity index (χ0v) is 16.6. The smallest absolute Gasteiger partial charge is 0.331 e. The summed E-state index contributed by atoms with van der Waals surface area (Å²) in [5.41, 5.74) is -2.79. The Balaban J connectivity index is 1.97. The molecule has 1 N–H and O–H groups in total. The first kappa shape index (κ1) is 18.4. The van der Waals surface area contributed by atoms with Crippen molar-refractivity contribution in [1.82, 2.24) is 9.55 Å². The van der Waals surface area contributed by atoms with Crippen LogP contribution in [0.4, 0.5) is 0 Å². The number of ether oxygens (including phenoxy) is 1. The number of hydrogen-bond acceptors (Lipinski definition) is 7. The molecule has 1 aromatic heterocycles. The van der Waals surface area contributed by atoms with Crippen LogP contribution in [0.2, 0.25) is 26.2 Å². The Kier molecular flexibility index (Phi) is 4.50. The van der Waals surface area contributed by atoms with Gasteiger partial charge in [0.1, 0.15) is 6.10 Å². The third-order valence-electron chi connectivity index (χ3n) is 4.20. The Bertz CT molecular complexity index is 790. The highest BCUT2D eigenvalue weighted by Gasteiger charge is 2.53. The zero-order chi connectivity index (χ0) is 18.5. The largest absolute Gasteiger partial charge is 0.415 e. The maximum Gasteiger partial charge on any atom is 0.331 e. The summed E-state index contributed by atoms with van der Waals surface area (Å²) >= 11 is 0. The molecule has 1 aromatic rings. The number of carbonyl (C=O) groups excluding carboxylic acids is 1. The van der Waals surface area contributed by atoms with Gasteiger partial charge in [-0.05, 0) is 26.2 Å². The predicted octanol–water partition coefficient (Wildman–Crippen LogP) is 0.0128. The second-order valence-corrected chi connectivity index (χ2v) is 14.1. The van der Waals surface area contributed by atoms with Gasteiger partial charge in [-0.3, -0.25) is 19.1 Å². The Morgan fingerprint density at radius 3 is 2.60 bits per heavy atom. The van der Waals surface area contributed by atoms with Crippen molar-refractivity contribution >= 4 is 23.4 Å². The van der Waals surface area contributed by atoms with E-state index in [9.17, 15) is 14.4 Å². The molecule has 3 heterocycles. The number of aromatic amines is 1. The van der Waals surface area contributed by atoms with Crippen LogP contribution in [-0.4, -0.2) is 51.8 Å². The van der Waals surface area contributed by atoms with Crippen LogP contribution in [0.25, 0.3) is 0 Å². The Hall–Kier alpha value is -1.38. The fourth-order valence-electron chi connectivity index (χ4n) is 3.36. The van der Waals surface area contributed by atoms with Crippen molar-refractivity contribution in [2.75, 3.05) is 6.61 Å². The summed E-state index contributed by atoms with van der Waals surface area (Å²) in [7, 11) is -4.87. The molecule has 3 rings (SSSR count). The highest BCUT2D eigenvalue weighted by Crippen LogP contribution is 2.38. The number of nitrogens with zero attached hydrogens (tertiary/aromatic N) is 1. The summed E-state index contributed by atoms with van der Waals surface area (Å²) in [4.78, 5) is 37.5. The van der Waals surface area contributed by atoms with Crippen molar-refractivity contribution in [2.45, 2.75) is 50.5 Å². The van der Waals surface area contributed by atoms with Gasteiger partial charge < -0.3 is 17.7 Å². The van der Waals surface area contributed by atoms with Crippen molar-refractivity contribution in [2.24, 2.45) is 0 Å². The third kappa shape index (κ3) is 3.61. The maximum absolute atomic E-state index is 12.2. The van der Waals surface area contributed by atoms with Crippen molar-refractivity contribution in [3.05, 3.63) is 33.1 Å². The number of fused-ring (bicyclic) bond motifs is 1. The summed E-state index contributed by atoms with van der Waals surface area (Å²) < 4.78 is 25.2. The molecule has 2 aliphatic heterocycles. The molecule has 25 heavy (non-hydrogen) atoms. The molecule has 0 aliphatic carbocycles. The van der Waals surface area contributed by atoms with Gasteiger partial charge in [0.05, 0.1) is 12.7 Å². The minimum absolute atomic E-state index is 0.137. The highest BCUT2D eigenvalue weighted by molar-refractivity contribution is 6.78. The minimum Gasteiger partial charge on any atom is -0.415 e. The fourth-order valence-corrected chi connectivity index (χ4v) is 10.1. The van der Waals surface area contributed by atoms with Gasteiger partial charge in [0, 0.05) is 18.7 Å². The Morgan fingerprint density at radius 1 is 1.24 bits per heavy atom. The SMILES string of the molecule is C[Si]1(C)OC[C@H]2O[C@@](C=O)(n3ccc(=O)[nH]c3=O)C[C@@H]2O[Si](C)(C)O1. The van der Waals surface area contributed by atoms with Gasteiger partial charge in [0.2, 0.25) is 5.72 Å². The van der Waals surface area contributed by atoms with E-state index in [4.69, 9.17) is 17.7 Å². The molecule has 138 valence electrons.